The van der Waals surface area contributed by atoms with Crippen LogP contribution in [0.15, 0.2) is 0 Å². The van der Waals surface area contributed by atoms with E-state index in [0.717, 1.165) is 24.6 Å². The van der Waals surface area contributed by atoms with Gasteiger partial charge in [0.25, 0.3) is 0 Å². The summed E-state index contributed by atoms with van der Waals surface area (Å²) in [6.45, 7) is 0.835. The minimum atomic E-state index is 0.713. The predicted octanol–water partition coefficient (Wildman–Crippen LogP) is 3.14. The summed E-state index contributed by atoms with van der Waals surface area (Å²) >= 11 is 1.37. The van der Waals surface area contributed by atoms with Crippen LogP contribution in [-0.4, -0.2) is 12.3 Å². The number of hydrogen-bond donors (Lipinski definition) is 1. The fraction of sp³-hybridized carbons (Fsp3) is 0.917. The van der Waals surface area contributed by atoms with E-state index in [4.69, 9.17) is 11.0 Å². The molecule has 1 unspecified atom stereocenters. The van der Waals surface area contributed by atoms with Crippen LogP contribution in [0, 0.1) is 22.5 Å². The largest absolute Gasteiger partial charge is 0.330 e. The molecule has 0 saturated heterocycles. The molecule has 0 aromatic rings. The normalized spacial score (nSPS) is 19.7. The van der Waals surface area contributed by atoms with Gasteiger partial charge < -0.3 is 5.73 Å². The molecule has 1 saturated carbocycles. The maximum absolute atomic E-state index is 8.43. The van der Waals surface area contributed by atoms with Crippen LogP contribution in [0.1, 0.15) is 44.9 Å². The zero-order chi connectivity index (χ0) is 10.9. The number of hydrogen-bond acceptors (Lipinski definition) is 3. The van der Waals surface area contributed by atoms with E-state index in [1.165, 1.54) is 50.3 Å². The summed E-state index contributed by atoms with van der Waals surface area (Å²) < 4.78 is 0. The van der Waals surface area contributed by atoms with E-state index >= 15 is 0 Å². The van der Waals surface area contributed by atoms with Gasteiger partial charge in [0.2, 0.25) is 0 Å². The van der Waals surface area contributed by atoms with E-state index in [-0.39, 0.29) is 0 Å². The predicted molar refractivity (Wildman–Crippen MR) is 66.4 cm³/mol. The molecule has 2 nitrogen and oxygen atoms in total. The second kappa shape index (κ2) is 8.01. The molecule has 2 N–H and O–H groups in total. The molecule has 15 heavy (non-hydrogen) atoms. The Morgan fingerprint density at radius 3 is 2.67 bits per heavy atom. The fourth-order valence-corrected chi connectivity index (χ4v) is 3.02. The van der Waals surface area contributed by atoms with Crippen molar-refractivity contribution < 1.29 is 0 Å². The van der Waals surface area contributed by atoms with Crippen molar-refractivity contribution in [3.8, 4) is 5.40 Å². The molecular formula is C12H22N2S. The molecule has 1 atom stereocenters. The summed E-state index contributed by atoms with van der Waals surface area (Å²) in [6.07, 6.45) is 9.34. The standard InChI is InChI=1S/C12H22N2S/c13-9-12(7-4-8-15-10-14)11-5-2-1-3-6-11/h11-12H,1-9,13H2. The summed E-state index contributed by atoms with van der Waals surface area (Å²) in [5.74, 6) is 2.56. The molecular weight excluding hydrogens is 204 g/mol. The van der Waals surface area contributed by atoms with Crippen molar-refractivity contribution in [1.29, 1.82) is 5.26 Å². The third kappa shape index (κ3) is 4.90. The Morgan fingerprint density at radius 2 is 2.07 bits per heavy atom. The van der Waals surface area contributed by atoms with Crippen molar-refractivity contribution >= 4 is 11.8 Å². The number of thioether (sulfide) groups is 1. The van der Waals surface area contributed by atoms with Crippen LogP contribution >= 0.6 is 11.8 Å². The highest BCUT2D eigenvalue weighted by atomic mass is 32.2. The van der Waals surface area contributed by atoms with Gasteiger partial charge in [-0.15, -0.1) is 0 Å². The summed E-state index contributed by atoms with van der Waals surface area (Å²) in [6, 6.07) is 0. The van der Waals surface area contributed by atoms with E-state index in [2.05, 4.69) is 5.40 Å². The van der Waals surface area contributed by atoms with E-state index < -0.39 is 0 Å². The molecule has 0 aromatic heterocycles. The molecule has 0 spiro atoms. The molecule has 1 fully saturated rings. The zero-order valence-electron chi connectivity index (χ0n) is 9.45. The second-order valence-corrected chi connectivity index (χ2v) is 5.36. The van der Waals surface area contributed by atoms with Crippen LogP contribution in [-0.2, 0) is 0 Å². The van der Waals surface area contributed by atoms with Gasteiger partial charge in [-0.25, -0.2) is 0 Å². The minimum absolute atomic E-state index is 0.713. The van der Waals surface area contributed by atoms with Gasteiger partial charge in [0.15, 0.2) is 0 Å². The first kappa shape index (κ1) is 12.9. The Morgan fingerprint density at radius 1 is 1.33 bits per heavy atom. The van der Waals surface area contributed by atoms with Gasteiger partial charge in [-0.05, 0) is 43.0 Å². The molecule has 0 aliphatic heterocycles. The first-order valence-corrected chi connectivity index (χ1v) is 7.08. The second-order valence-electron chi connectivity index (χ2n) is 4.48. The molecule has 3 heteroatoms. The third-order valence-corrected chi connectivity index (χ3v) is 4.13. The molecule has 0 bridgehead atoms. The average molecular weight is 226 g/mol. The molecule has 0 amide bonds. The summed E-state index contributed by atoms with van der Waals surface area (Å²) in [5, 5.41) is 10.6. The third-order valence-electron chi connectivity index (χ3n) is 3.51. The maximum atomic E-state index is 8.43. The van der Waals surface area contributed by atoms with Gasteiger partial charge in [0.1, 0.15) is 5.40 Å². The highest BCUT2D eigenvalue weighted by molar-refractivity contribution is 8.03. The number of nitrogens with two attached hydrogens (primary N) is 1. The number of nitriles is 1. The summed E-state index contributed by atoms with van der Waals surface area (Å²) in [5.41, 5.74) is 5.85. The topological polar surface area (TPSA) is 49.8 Å². The van der Waals surface area contributed by atoms with E-state index in [1.807, 2.05) is 0 Å². The Bertz CT molecular complexity index is 194. The lowest BCUT2D eigenvalue weighted by molar-refractivity contribution is 0.240. The van der Waals surface area contributed by atoms with Gasteiger partial charge in [-0.1, -0.05) is 32.1 Å². The van der Waals surface area contributed by atoms with Crippen molar-refractivity contribution in [2.75, 3.05) is 12.3 Å². The molecule has 0 radical (unpaired) electrons. The van der Waals surface area contributed by atoms with Crippen molar-refractivity contribution in [3.63, 3.8) is 0 Å². The maximum Gasteiger partial charge on any atom is 0.133 e. The molecule has 1 aliphatic carbocycles. The van der Waals surface area contributed by atoms with Crippen LogP contribution in [0.4, 0.5) is 0 Å². The average Bonchev–Trinajstić information content (AvgIpc) is 2.30. The highest BCUT2D eigenvalue weighted by Crippen LogP contribution is 2.32. The lowest BCUT2D eigenvalue weighted by Crippen LogP contribution is -2.25. The Labute approximate surface area is 97.6 Å². The molecule has 1 rings (SSSR count). The molecule has 86 valence electrons. The van der Waals surface area contributed by atoms with Gasteiger partial charge in [0, 0.05) is 5.75 Å². The van der Waals surface area contributed by atoms with E-state index in [0.29, 0.717) is 5.92 Å². The smallest absolute Gasteiger partial charge is 0.133 e. The van der Waals surface area contributed by atoms with Gasteiger partial charge in [-0.3, -0.25) is 0 Å². The lowest BCUT2D eigenvalue weighted by atomic mass is 9.78. The van der Waals surface area contributed by atoms with Crippen LogP contribution in [0.25, 0.3) is 0 Å². The first-order chi connectivity index (χ1) is 7.38. The van der Waals surface area contributed by atoms with Crippen molar-refractivity contribution in [1.82, 2.24) is 0 Å². The van der Waals surface area contributed by atoms with Crippen LogP contribution in [0.2, 0.25) is 0 Å². The lowest BCUT2D eigenvalue weighted by Gasteiger charge is -2.29. The van der Waals surface area contributed by atoms with Crippen molar-refractivity contribution in [2.24, 2.45) is 17.6 Å². The van der Waals surface area contributed by atoms with Crippen LogP contribution in [0.5, 0.6) is 0 Å². The molecule has 0 aromatic carbocycles. The zero-order valence-corrected chi connectivity index (χ0v) is 10.3. The van der Waals surface area contributed by atoms with Gasteiger partial charge in [-0.2, -0.15) is 5.26 Å². The number of rotatable bonds is 6. The summed E-state index contributed by atoms with van der Waals surface area (Å²) in [7, 11) is 0. The van der Waals surface area contributed by atoms with Gasteiger partial charge >= 0.3 is 0 Å². The number of thiocyanates is 1. The fourth-order valence-electron chi connectivity index (χ4n) is 2.61. The Kier molecular flexibility index (Phi) is 6.87. The SMILES string of the molecule is N#CSCCCC(CN)C1CCCCC1. The van der Waals surface area contributed by atoms with Gasteiger partial charge in [0.05, 0.1) is 0 Å². The first-order valence-electron chi connectivity index (χ1n) is 6.09. The Hall–Kier alpha value is -0.200. The molecule has 1 aliphatic rings. The minimum Gasteiger partial charge on any atom is -0.330 e. The number of nitrogens with zero attached hydrogens (tertiary/aromatic N) is 1. The summed E-state index contributed by atoms with van der Waals surface area (Å²) in [4.78, 5) is 0. The van der Waals surface area contributed by atoms with E-state index in [1.54, 1.807) is 0 Å². The van der Waals surface area contributed by atoms with Crippen molar-refractivity contribution in [2.45, 2.75) is 44.9 Å². The van der Waals surface area contributed by atoms with Crippen LogP contribution < -0.4 is 5.73 Å². The quantitative estimate of drug-likeness (QED) is 0.559. The van der Waals surface area contributed by atoms with Crippen molar-refractivity contribution in [3.05, 3.63) is 0 Å². The molecule has 0 heterocycles. The van der Waals surface area contributed by atoms with Crippen LogP contribution in [0.3, 0.4) is 0 Å². The van der Waals surface area contributed by atoms with E-state index in [9.17, 15) is 0 Å². The highest BCUT2D eigenvalue weighted by Gasteiger charge is 2.21. The Balaban J connectivity index is 2.19. The monoisotopic (exact) mass is 226 g/mol.